The topological polar surface area (TPSA) is 46.3 Å². The van der Waals surface area contributed by atoms with Crippen molar-refractivity contribution >= 4 is 16.6 Å². The van der Waals surface area contributed by atoms with Gasteiger partial charge in [-0.05, 0) is 48.4 Å². The Morgan fingerprint density at radius 2 is 2.03 bits per heavy atom. The predicted octanol–water partition coefficient (Wildman–Crippen LogP) is 5.55. The van der Waals surface area contributed by atoms with Gasteiger partial charge in [0.1, 0.15) is 12.4 Å². The van der Waals surface area contributed by atoms with Gasteiger partial charge in [-0.15, -0.1) is 0 Å². The standard InChI is InChI=1S/C25H26N2O2/c1-2-11-22-18(7-1)21(14-26-22)24-19-9-3-8-17(19)20-10-4-12-23(25(20)27-24)29-15-16-6-5-13-28-16/h1-4,7-8,10-12,14,16-17,19,24,26-27H,5-6,9,13,15H2. The summed E-state index contributed by atoms with van der Waals surface area (Å²) in [6.07, 6.45) is 10.5. The third-order valence-electron chi connectivity index (χ3n) is 6.76. The van der Waals surface area contributed by atoms with E-state index in [9.17, 15) is 0 Å². The van der Waals surface area contributed by atoms with E-state index in [-0.39, 0.29) is 12.1 Å². The molecule has 3 aliphatic rings. The number of anilines is 1. The van der Waals surface area contributed by atoms with Crippen molar-refractivity contribution in [2.45, 2.75) is 37.3 Å². The summed E-state index contributed by atoms with van der Waals surface area (Å²) in [6.45, 7) is 1.48. The Kier molecular flexibility index (Phi) is 4.12. The number of rotatable bonds is 4. The maximum atomic E-state index is 6.27. The Morgan fingerprint density at radius 1 is 1.07 bits per heavy atom. The molecule has 6 rings (SSSR count). The van der Waals surface area contributed by atoms with Gasteiger partial charge in [-0.25, -0.2) is 0 Å². The van der Waals surface area contributed by atoms with Crippen molar-refractivity contribution in [3.63, 3.8) is 0 Å². The second-order valence-corrected chi connectivity index (χ2v) is 8.43. The molecule has 0 bridgehead atoms. The molecule has 1 aromatic heterocycles. The minimum atomic E-state index is 0.220. The highest BCUT2D eigenvalue weighted by Gasteiger charge is 2.39. The molecule has 4 nitrogen and oxygen atoms in total. The van der Waals surface area contributed by atoms with Crippen LogP contribution < -0.4 is 10.1 Å². The van der Waals surface area contributed by atoms with E-state index in [1.807, 2.05) is 0 Å². The van der Waals surface area contributed by atoms with Gasteiger partial charge in [0.2, 0.25) is 0 Å². The summed E-state index contributed by atoms with van der Waals surface area (Å²) in [5.74, 6) is 1.90. The summed E-state index contributed by atoms with van der Waals surface area (Å²) in [5, 5.41) is 5.18. The van der Waals surface area contributed by atoms with Crippen LogP contribution in [0.4, 0.5) is 5.69 Å². The quantitative estimate of drug-likeness (QED) is 0.578. The lowest BCUT2D eigenvalue weighted by Gasteiger charge is -2.38. The molecule has 0 radical (unpaired) electrons. The first-order valence-electron chi connectivity index (χ1n) is 10.7. The van der Waals surface area contributed by atoms with Crippen LogP contribution in [0.1, 0.15) is 42.3 Å². The van der Waals surface area contributed by atoms with Gasteiger partial charge in [-0.2, -0.15) is 0 Å². The second kappa shape index (κ2) is 6.96. The average Bonchev–Trinajstić information content (AvgIpc) is 3.52. The lowest BCUT2D eigenvalue weighted by Crippen LogP contribution is -2.29. The number of para-hydroxylation sites is 2. The Morgan fingerprint density at radius 3 is 2.97 bits per heavy atom. The van der Waals surface area contributed by atoms with Crippen molar-refractivity contribution in [3.05, 3.63) is 71.9 Å². The molecule has 2 aromatic carbocycles. The number of aromatic nitrogens is 1. The SMILES string of the molecule is C1=CC2c3cccc(OCC4CCCO4)c3NC(c3c[nH]c4ccccc34)C2C1. The molecule has 4 heteroatoms. The summed E-state index contributed by atoms with van der Waals surface area (Å²) < 4.78 is 12.0. The van der Waals surface area contributed by atoms with E-state index in [1.165, 1.54) is 22.0 Å². The highest BCUT2D eigenvalue weighted by Crippen LogP contribution is 2.53. The zero-order valence-electron chi connectivity index (χ0n) is 16.4. The summed E-state index contributed by atoms with van der Waals surface area (Å²) in [4.78, 5) is 3.46. The van der Waals surface area contributed by atoms with Crippen molar-refractivity contribution in [2.75, 3.05) is 18.5 Å². The van der Waals surface area contributed by atoms with Gasteiger partial charge in [-0.3, -0.25) is 0 Å². The van der Waals surface area contributed by atoms with Crippen LogP contribution in [-0.2, 0) is 4.74 Å². The third kappa shape index (κ3) is 2.85. The Labute approximate surface area is 170 Å². The number of nitrogens with one attached hydrogen (secondary N) is 2. The van der Waals surface area contributed by atoms with Gasteiger partial charge in [-0.1, -0.05) is 42.5 Å². The monoisotopic (exact) mass is 386 g/mol. The summed E-state index contributed by atoms with van der Waals surface area (Å²) in [6, 6.07) is 15.3. The molecular weight excluding hydrogens is 360 g/mol. The first-order chi connectivity index (χ1) is 14.4. The van der Waals surface area contributed by atoms with Crippen molar-refractivity contribution in [3.8, 4) is 5.75 Å². The summed E-state index contributed by atoms with van der Waals surface area (Å²) in [5.41, 5.74) is 5.04. The van der Waals surface area contributed by atoms with Crippen LogP contribution in [0.25, 0.3) is 10.9 Å². The molecular formula is C25H26N2O2. The van der Waals surface area contributed by atoms with E-state index in [2.05, 4.69) is 71.1 Å². The van der Waals surface area contributed by atoms with E-state index in [1.54, 1.807) is 0 Å². The van der Waals surface area contributed by atoms with Crippen molar-refractivity contribution in [1.82, 2.24) is 4.98 Å². The number of aromatic amines is 1. The van der Waals surface area contributed by atoms with E-state index >= 15 is 0 Å². The number of fused-ring (bicyclic) bond motifs is 4. The molecule has 1 fully saturated rings. The maximum absolute atomic E-state index is 6.27. The fourth-order valence-electron chi connectivity index (χ4n) is 5.33. The van der Waals surface area contributed by atoms with E-state index < -0.39 is 0 Å². The zero-order chi connectivity index (χ0) is 19.2. The lowest BCUT2D eigenvalue weighted by molar-refractivity contribution is 0.0681. The Hall–Kier alpha value is -2.72. The van der Waals surface area contributed by atoms with Crippen LogP contribution in [0.3, 0.4) is 0 Å². The fourth-order valence-corrected chi connectivity index (χ4v) is 5.33. The molecule has 4 unspecified atom stereocenters. The smallest absolute Gasteiger partial charge is 0.142 e. The molecule has 2 N–H and O–H groups in total. The second-order valence-electron chi connectivity index (χ2n) is 8.43. The first kappa shape index (κ1) is 17.2. The number of H-pyrrole nitrogens is 1. The fraction of sp³-hybridized carbons (Fsp3) is 0.360. The molecule has 148 valence electrons. The Bertz CT molecular complexity index is 1060. The molecule has 3 heterocycles. The van der Waals surface area contributed by atoms with Crippen LogP contribution in [0.2, 0.25) is 0 Å². The number of hydrogen-bond acceptors (Lipinski definition) is 3. The van der Waals surface area contributed by atoms with Crippen molar-refractivity contribution in [2.24, 2.45) is 5.92 Å². The predicted molar refractivity (Wildman–Crippen MR) is 116 cm³/mol. The molecule has 4 atom stereocenters. The average molecular weight is 386 g/mol. The van der Waals surface area contributed by atoms with Crippen molar-refractivity contribution in [1.29, 1.82) is 0 Å². The van der Waals surface area contributed by atoms with Crippen LogP contribution in [0.15, 0.2) is 60.8 Å². The molecule has 1 aliphatic carbocycles. The number of hydrogen-bond donors (Lipinski definition) is 2. The van der Waals surface area contributed by atoms with Gasteiger partial charge < -0.3 is 19.8 Å². The largest absolute Gasteiger partial charge is 0.489 e. The van der Waals surface area contributed by atoms with Crippen LogP contribution >= 0.6 is 0 Å². The van der Waals surface area contributed by atoms with Gasteiger partial charge >= 0.3 is 0 Å². The van der Waals surface area contributed by atoms with Crippen LogP contribution in [0.5, 0.6) is 5.75 Å². The van der Waals surface area contributed by atoms with E-state index in [0.29, 0.717) is 18.4 Å². The highest BCUT2D eigenvalue weighted by atomic mass is 16.5. The molecule has 0 saturated carbocycles. The van der Waals surface area contributed by atoms with Crippen LogP contribution in [-0.4, -0.2) is 24.3 Å². The van der Waals surface area contributed by atoms with Gasteiger partial charge in [0.25, 0.3) is 0 Å². The maximum Gasteiger partial charge on any atom is 0.142 e. The van der Waals surface area contributed by atoms with Gasteiger partial charge in [0.05, 0.1) is 17.8 Å². The lowest BCUT2D eigenvalue weighted by atomic mass is 9.77. The number of ether oxygens (including phenoxy) is 2. The molecule has 29 heavy (non-hydrogen) atoms. The minimum absolute atomic E-state index is 0.220. The molecule has 1 saturated heterocycles. The summed E-state index contributed by atoms with van der Waals surface area (Å²) >= 11 is 0. The molecule has 3 aromatic rings. The minimum Gasteiger partial charge on any atom is -0.489 e. The number of allylic oxidation sites excluding steroid dienone is 2. The highest BCUT2D eigenvalue weighted by molar-refractivity contribution is 5.84. The number of benzene rings is 2. The molecule has 0 amide bonds. The van der Waals surface area contributed by atoms with E-state index in [0.717, 1.165) is 37.3 Å². The Balaban J connectivity index is 1.38. The third-order valence-corrected chi connectivity index (χ3v) is 6.76. The summed E-state index contributed by atoms with van der Waals surface area (Å²) in [7, 11) is 0. The van der Waals surface area contributed by atoms with Crippen molar-refractivity contribution < 1.29 is 9.47 Å². The first-order valence-corrected chi connectivity index (χ1v) is 10.7. The van der Waals surface area contributed by atoms with E-state index in [4.69, 9.17) is 9.47 Å². The van der Waals surface area contributed by atoms with Crippen LogP contribution in [0, 0.1) is 5.92 Å². The molecule has 0 spiro atoms. The normalized spacial score (nSPS) is 27.6. The van der Waals surface area contributed by atoms with Gasteiger partial charge in [0, 0.05) is 29.6 Å². The zero-order valence-corrected chi connectivity index (χ0v) is 16.4. The van der Waals surface area contributed by atoms with Gasteiger partial charge in [0.15, 0.2) is 0 Å². The molecule has 2 aliphatic heterocycles.